The quantitative estimate of drug-likeness (QED) is 0.835. The number of sulfone groups is 1. The van der Waals surface area contributed by atoms with Gasteiger partial charge in [0.15, 0.2) is 15.7 Å². The molecule has 1 aromatic rings. The molecule has 0 spiro atoms. The number of nitrogens with zero attached hydrogens (tertiary/aromatic N) is 3. The summed E-state index contributed by atoms with van der Waals surface area (Å²) in [7, 11) is -2.84. The molecule has 6 nitrogen and oxygen atoms in total. The monoisotopic (exact) mass is 282 g/mol. The Morgan fingerprint density at radius 3 is 2.53 bits per heavy atom. The Labute approximate surface area is 113 Å². The second kappa shape index (κ2) is 5.05. The molecule has 0 radical (unpaired) electrons. The SMILES string of the molecule is O=S1(=O)CCN(c2ccc(CNC3CC3)nn2)CC1. The summed E-state index contributed by atoms with van der Waals surface area (Å²) in [5.41, 5.74) is 0.931. The molecule has 1 saturated heterocycles. The van der Waals surface area contributed by atoms with Crippen molar-refractivity contribution in [2.75, 3.05) is 29.5 Å². The largest absolute Gasteiger partial charge is 0.353 e. The lowest BCUT2D eigenvalue weighted by atomic mass is 10.3. The zero-order valence-electron chi connectivity index (χ0n) is 10.7. The van der Waals surface area contributed by atoms with Gasteiger partial charge in [0.25, 0.3) is 0 Å². The molecular formula is C12H18N4O2S. The number of anilines is 1. The van der Waals surface area contributed by atoms with Crippen molar-refractivity contribution in [3.05, 3.63) is 17.8 Å². The van der Waals surface area contributed by atoms with E-state index in [1.807, 2.05) is 17.0 Å². The summed E-state index contributed by atoms with van der Waals surface area (Å²) in [6.07, 6.45) is 2.52. The standard InChI is InChI=1S/C12H18N4O2S/c17-19(18)7-5-16(6-8-19)12-4-3-11(14-15-12)9-13-10-1-2-10/h3-4,10,13H,1-2,5-9H2. The summed E-state index contributed by atoms with van der Waals surface area (Å²) in [5, 5.41) is 11.8. The fraction of sp³-hybridized carbons (Fsp3) is 0.667. The second-order valence-corrected chi connectivity index (χ2v) is 7.48. The first-order valence-corrected chi connectivity index (χ1v) is 8.46. The van der Waals surface area contributed by atoms with Crippen LogP contribution in [0, 0.1) is 0 Å². The van der Waals surface area contributed by atoms with Crippen molar-refractivity contribution in [1.82, 2.24) is 15.5 Å². The van der Waals surface area contributed by atoms with E-state index in [4.69, 9.17) is 0 Å². The van der Waals surface area contributed by atoms with Gasteiger partial charge in [0.2, 0.25) is 0 Å². The van der Waals surface area contributed by atoms with Gasteiger partial charge in [-0.25, -0.2) is 8.42 Å². The molecule has 7 heteroatoms. The van der Waals surface area contributed by atoms with E-state index in [0.717, 1.165) is 18.1 Å². The van der Waals surface area contributed by atoms with Crippen LogP contribution in [0.3, 0.4) is 0 Å². The van der Waals surface area contributed by atoms with Crippen molar-refractivity contribution < 1.29 is 8.42 Å². The van der Waals surface area contributed by atoms with Crippen molar-refractivity contribution >= 4 is 15.7 Å². The number of hydrogen-bond donors (Lipinski definition) is 1. The van der Waals surface area contributed by atoms with Crippen LogP contribution in [0.4, 0.5) is 5.82 Å². The molecule has 1 N–H and O–H groups in total. The fourth-order valence-electron chi connectivity index (χ4n) is 2.09. The molecule has 0 aromatic carbocycles. The Morgan fingerprint density at radius 1 is 1.21 bits per heavy atom. The lowest BCUT2D eigenvalue weighted by Gasteiger charge is -2.27. The van der Waals surface area contributed by atoms with E-state index in [0.29, 0.717) is 19.1 Å². The Bertz CT molecular complexity index is 525. The van der Waals surface area contributed by atoms with Gasteiger partial charge in [-0.2, -0.15) is 5.10 Å². The third-order valence-corrected chi connectivity index (χ3v) is 5.13. The number of nitrogens with one attached hydrogen (secondary N) is 1. The number of hydrogen-bond acceptors (Lipinski definition) is 6. The summed E-state index contributed by atoms with van der Waals surface area (Å²) >= 11 is 0. The maximum absolute atomic E-state index is 11.4. The first-order valence-electron chi connectivity index (χ1n) is 6.64. The first-order chi connectivity index (χ1) is 9.12. The van der Waals surface area contributed by atoms with E-state index in [2.05, 4.69) is 15.5 Å². The van der Waals surface area contributed by atoms with Gasteiger partial charge in [-0.1, -0.05) is 0 Å². The van der Waals surface area contributed by atoms with Gasteiger partial charge in [-0.05, 0) is 25.0 Å². The summed E-state index contributed by atoms with van der Waals surface area (Å²) in [4.78, 5) is 1.98. The Balaban J connectivity index is 1.59. The van der Waals surface area contributed by atoms with Gasteiger partial charge in [-0.15, -0.1) is 5.10 Å². The van der Waals surface area contributed by atoms with Crippen LogP contribution in [0.1, 0.15) is 18.5 Å². The minimum atomic E-state index is -2.84. The molecule has 1 saturated carbocycles. The minimum Gasteiger partial charge on any atom is -0.353 e. The molecule has 19 heavy (non-hydrogen) atoms. The second-order valence-electron chi connectivity index (χ2n) is 5.18. The van der Waals surface area contributed by atoms with E-state index < -0.39 is 9.84 Å². The van der Waals surface area contributed by atoms with Crippen LogP contribution < -0.4 is 10.2 Å². The Kier molecular flexibility index (Phi) is 3.40. The predicted octanol–water partition coefficient (Wildman–Crippen LogP) is -0.0366. The van der Waals surface area contributed by atoms with Gasteiger partial charge in [0, 0.05) is 25.7 Å². The van der Waals surface area contributed by atoms with Gasteiger partial charge in [-0.3, -0.25) is 0 Å². The van der Waals surface area contributed by atoms with Crippen LogP contribution in [0.2, 0.25) is 0 Å². The average Bonchev–Trinajstić information content (AvgIpc) is 3.21. The molecular weight excluding hydrogens is 264 g/mol. The molecule has 1 aliphatic heterocycles. The van der Waals surface area contributed by atoms with Crippen molar-refractivity contribution in [1.29, 1.82) is 0 Å². The van der Waals surface area contributed by atoms with Crippen LogP contribution in [-0.2, 0) is 16.4 Å². The topological polar surface area (TPSA) is 75.2 Å². The van der Waals surface area contributed by atoms with Gasteiger partial charge >= 0.3 is 0 Å². The molecule has 2 fully saturated rings. The van der Waals surface area contributed by atoms with Gasteiger partial charge in [0.1, 0.15) is 0 Å². The average molecular weight is 282 g/mol. The zero-order chi connectivity index (χ0) is 13.3. The first kappa shape index (κ1) is 12.8. The van der Waals surface area contributed by atoms with Crippen molar-refractivity contribution in [2.24, 2.45) is 0 Å². The summed E-state index contributed by atoms with van der Waals surface area (Å²) in [5.74, 6) is 1.18. The van der Waals surface area contributed by atoms with Crippen molar-refractivity contribution in [3.63, 3.8) is 0 Å². The Morgan fingerprint density at radius 2 is 1.95 bits per heavy atom. The van der Waals surface area contributed by atoms with Crippen LogP contribution >= 0.6 is 0 Å². The van der Waals surface area contributed by atoms with Crippen LogP contribution in [0.25, 0.3) is 0 Å². The highest BCUT2D eigenvalue weighted by Gasteiger charge is 2.23. The molecule has 0 unspecified atom stereocenters. The summed E-state index contributed by atoms with van der Waals surface area (Å²) in [6, 6.07) is 4.55. The smallest absolute Gasteiger partial charge is 0.153 e. The van der Waals surface area contributed by atoms with E-state index in [-0.39, 0.29) is 11.5 Å². The molecule has 2 aliphatic rings. The van der Waals surface area contributed by atoms with E-state index >= 15 is 0 Å². The van der Waals surface area contributed by atoms with Crippen molar-refractivity contribution in [3.8, 4) is 0 Å². The molecule has 1 aliphatic carbocycles. The van der Waals surface area contributed by atoms with Gasteiger partial charge < -0.3 is 10.2 Å². The van der Waals surface area contributed by atoms with Gasteiger partial charge in [0.05, 0.1) is 17.2 Å². The lowest BCUT2D eigenvalue weighted by Crippen LogP contribution is -2.40. The maximum Gasteiger partial charge on any atom is 0.153 e. The fourth-order valence-corrected chi connectivity index (χ4v) is 3.29. The highest BCUT2D eigenvalue weighted by Crippen LogP contribution is 2.19. The third kappa shape index (κ3) is 3.42. The molecule has 2 heterocycles. The molecule has 0 amide bonds. The Hall–Kier alpha value is -1.21. The highest BCUT2D eigenvalue weighted by atomic mass is 32.2. The lowest BCUT2D eigenvalue weighted by molar-refractivity contribution is 0.585. The summed E-state index contributed by atoms with van der Waals surface area (Å²) < 4.78 is 22.7. The van der Waals surface area contributed by atoms with Crippen LogP contribution in [0.15, 0.2) is 12.1 Å². The van der Waals surface area contributed by atoms with Crippen LogP contribution in [0.5, 0.6) is 0 Å². The normalized spacial score (nSPS) is 22.4. The number of rotatable bonds is 4. The minimum absolute atomic E-state index is 0.208. The molecule has 3 rings (SSSR count). The molecule has 0 bridgehead atoms. The van der Waals surface area contributed by atoms with E-state index in [9.17, 15) is 8.42 Å². The molecule has 0 atom stereocenters. The predicted molar refractivity (Wildman–Crippen MR) is 72.8 cm³/mol. The highest BCUT2D eigenvalue weighted by molar-refractivity contribution is 7.91. The van der Waals surface area contributed by atoms with E-state index in [1.54, 1.807) is 0 Å². The number of aromatic nitrogens is 2. The van der Waals surface area contributed by atoms with Crippen LogP contribution in [-0.4, -0.2) is 49.3 Å². The molecule has 104 valence electrons. The zero-order valence-corrected chi connectivity index (χ0v) is 11.6. The van der Waals surface area contributed by atoms with Crippen molar-refractivity contribution in [2.45, 2.75) is 25.4 Å². The maximum atomic E-state index is 11.4. The summed E-state index contributed by atoms with van der Waals surface area (Å²) in [6.45, 7) is 1.78. The van der Waals surface area contributed by atoms with E-state index in [1.165, 1.54) is 12.8 Å². The third-order valence-electron chi connectivity index (χ3n) is 3.52. The molecule has 1 aromatic heterocycles.